The molecule has 0 aromatic heterocycles. The van der Waals surface area contributed by atoms with Crippen molar-refractivity contribution in [2.24, 2.45) is 34.0 Å². The second-order valence-corrected chi connectivity index (χ2v) is 10.1. The zero-order chi connectivity index (χ0) is 18.4. The van der Waals surface area contributed by atoms with E-state index in [2.05, 4.69) is 20.4 Å². The highest BCUT2D eigenvalue weighted by atomic mass is 16.8. The first-order chi connectivity index (χ1) is 12.1. The van der Waals surface area contributed by atoms with Crippen molar-refractivity contribution in [1.82, 2.24) is 0 Å². The van der Waals surface area contributed by atoms with Crippen LogP contribution < -0.4 is 0 Å². The zero-order valence-corrected chi connectivity index (χ0v) is 15.1. The maximum atomic E-state index is 13.4. The lowest BCUT2D eigenvalue weighted by Crippen LogP contribution is -2.91. The van der Waals surface area contributed by atoms with Gasteiger partial charge in [0.25, 0.3) is 0 Å². The molecule has 142 valence electrons. The molecule has 7 bridgehead atoms. The van der Waals surface area contributed by atoms with Crippen LogP contribution in [0.15, 0.2) is 12.2 Å². The molecule has 8 fully saturated rings. The first kappa shape index (κ1) is 16.2. The van der Waals surface area contributed by atoms with Crippen LogP contribution in [0.1, 0.15) is 39.5 Å². The van der Waals surface area contributed by atoms with Crippen molar-refractivity contribution in [2.45, 2.75) is 69.9 Å². The molecule has 2 spiro atoms. The van der Waals surface area contributed by atoms with Gasteiger partial charge >= 0.3 is 0 Å². The molecule has 8 aliphatic rings. The summed E-state index contributed by atoms with van der Waals surface area (Å²) < 4.78 is 12.3. The van der Waals surface area contributed by atoms with Crippen LogP contribution in [0, 0.1) is 34.0 Å². The number of Topliss-reactive ketones (excluding diaryl/α,β-unsaturated/α-hetero) is 1. The lowest BCUT2D eigenvalue weighted by atomic mass is 9.34. The predicted octanol–water partition coefficient (Wildman–Crippen LogP) is 0.740. The second-order valence-electron chi connectivity index (χ2n) is 10.1. The molecule has 10 atom stereocenters. The molecule has 4 saturated carbocycles. The van der Waals surface area contributed by atoms with Crippen LogP contribution in [0.2, 0.25) is 0 Å². The Balaban J connectivity index is 1.70. The summed E-state index contributed by atoms with van der Waals surface area (Å²) in [6.45, 7) is 8.14. The normalized spacial score (nSPS) is 64.0. The molecule has 6 nitrogen and oxygen atoms in total. The van der Waals surface area contributed by atoms with Crippen LogP contribution >= 0.6 is 0 Å². The minimum absolute atomic E-state index is 0.133. The van der Waals surface area contributed by atoms with Gasteiger partial charge in [-0.05, 0) is 42.6 Å². The molecule has 4 saturated heterocycles. The van der Waals surface area contributed by atoms with E-state index >= 15 is 0 Å². The quantitative estimate of drug-likeness (QED) is 0.550. The van der Waals surface area contributed by atoms with Crippen molar-refractivity contribution in [3.05, 3.63) is 12.2 Å². The smallest absolute Gasteiger partial charge is 0.211 e. The lowest BCUT2D eigenvalue weighted by Gasteiger charge is -2.79. The van der Waals surface area contributed by atoms with E-state index in [1.807, 2.05) is 0 Å². The topological polar surface area (TPSA) is 96.2 Å². The molecule has 6 heteroatoms. The molecule has 4 heterocycles. The summed E-state index contributed by atoms with van der Waals surface area (Å²) in [6.07, 6.45) is -0.473. The van der Waals surface area contributed by atoms with E-state index in [0.717, 1.165) is 12.8 Å². The van der Waals surface area contributed by atoms with Crippen LogP contribution in [0.4, 0.5) is 0 Å². The first-order valence-electron chi connectivity index (χ1n) is 9.80. The fourth-order valence-electron chi connectivity index (χ4n) is 8.38. The number of rotatable bonds is 0. The number of carbonyl (C=O) groups is 1. The van der Waals surface area contributed by atoms with Crippen LogP contribution in [-0.2, 0) is 14.3 Å². The Hall–Kier alpha value is -0.790. The van der Waals surface area contributed by atoms with E-state index in [1.54, 1.807) is 0 Å². The molecule has 0 aromatic rings. The van der Waals surface area contributed by atoms with Gasteiger partial charge in [0, 0.05) is 11.8 Å². The molecule has 0 amide bonds. The van der Waals surface area contributed by atoms with Gasteiger partial charge in [0.15, 0.2) is 12.1 Å². The summed E-state index contributed by atoms with van der Waals surface area (Å²) in [5.74, 6) is -2.99. The van der Waals surface area contributed by atoms with Gasteiger partial charge in [-0.1, -0.05) is 20.4 Å². The van der Waals surface area contributed by atoms with E-state index in [9.17, 15) is 20.1 Å². The van der Waals surface area contributed by atoms with Gasteiger partial charge in [-0.25, -0.2) is 0 Å². The molecule has 9 unspecified atom stereocenters. The Morgan fingerprint density at radius 1 is 1.19 bits per heavy atom. The largest absolute Gasteiger partial charge is 0.392 e. The van der Waals surface area contributed by atoms with Crippen molar-refractivity contribution in [2.75, 3.05) is 0 Å². The van der Waals surface area contributed by atoms with Crippen LogP contribution in [0.5, 0.6) is 0 Å². The van der Waals surface area contributed by atoms with Gasteiger partial charge in [0.05, 0.1) is 17.6 Å². The number of hydrogen-bond acceptors (Lipinski definition) is 6. The van der Waals surface area contributed by atoms with Crippen LogP contribution in [0.3, 0.4) is 0 Å². The van der Waals surface area contributed by atoms with Crippen molar-refractivity contribution in [1.29, 1.82) is 0 Å². The fraction of sp³-hybridized carbons (Fsp3) is 0.850. The molecule has 4 aliphatic carbocycles. The van der Waals surface area contributed by atoms with E-state index in [4.69, 9.17) is 9.47 Å². The van der Waals surface area contributed by atoms with E-state index in [-0.39, 0.29) is 23.0 Å². The van der Waals surface area contributed by atoms with Crippen molar-refractivity contribution >= 4 is 5.78 Å². The van der Waals surface area contributed by atoms with Crippen LogP contribution in [-0.4, -0.2) is 51.5 Å². The number of carbonyl (C=O) groups excluding carboxylic acids is 1. The minimum Gasteiger partial charge on any atom is -0.392 e. The number of hydrogen-bond donors (Lipinski definition) is 3. The van der Waals surface area contributed by atoms with Crippen LogP contribution in [0.25, 0.3) is 0 Å². The Morgan fingerprint density at radius 3 is 2.65 bits per heavy atom. The summed E-state index contributed by atoms with van der Waals surface area (Å²) in [5, 5.41) is 34.3. The summed E-state index contributed by atoms with van der Waals surface area (Å²) >= 11 is 0. The van der Waals surface area contributed by atoms with Gasteiger partial charge in [-0.3, -0.25) is 4.79 Å². The molecule has 3 N–H and O–H groups in total. The van der Waals surface area contributed by atoms with Crippen molar-refractivity contribution in [3.8, 4) is 0 Å². The highest BCUT2D eigenvalue weighted by Gasteiger charge is 2.92. The van der Waals surface area contributed by atoms with Crippen molar-refractivity contribution < 1.29 is 29.6 Å². The van der Waals surface area contributed by atoms with Gasteiger partial charge in [-0.2, -0.15) is 0 Å². The minimum atomic E-state index is -1.97. The Bertz CT molecular complexity index is 761. The molecule has 8 rings (SSSR count). The average molecular weight is 362 g/mol. The van der Waals surface area contributed by atoms with Crippen molar-refractivity contribution in [3.63, 3.8) is 0 Å². The van der Waals surface area contributed by atoms with E-state index < -0.39 is 47.1 Å². The SMILES string of the molecule is C=C1C(=O)C23C4O[C@@H]5OC2(O)C(O)C2C(C)(C)CCC(O)C25C3CCC14. The summed E-state index contributed by atoms with van der Waals surface area (Å²) in [5.41, 5.74) is -2.03. The summed E-state index contributed by atoms with van der Waals surface area (Å²) in [6, 6.07) is 0. The Kier molecular flexibility index (Phi) is 2.57. The average Bonchev–Trinajstić information content (AvgIpc) is 2.71. The number of aliphatic hydroxyl groups excluding tert-OH is 2. The highest BCUT2D eigenvalue weighted by molar-refractivity contribution is 6.05. The van der Waals surface area contributed by atoms with Gasteiger partial charge in [-0.15, -0.1) is 0 Å². The molecule has 0 radical (unpaired) electrons. The Labute approximate surface area is 152 Å². The highest BCUT2D eigenvalue weighted by Crippen LogP contribution is 2.81. The monoisotopic (exact) mass is 362 g/mol. The standard InChI is InChI=1S/C20H26O6/c1-8-9-4-5-10-18-11(21)6-7-17(2,3)12(18)14(23)20(24)19(10,13(8)22)15(9)25-16(18)26-20/h9-12,14-16,21,23-24H,1,4-7H2,2-3H3/t9?,10?,11?,12?,14?,15?,16-,18?,19?,20?/m1/s1. The first-order valence-corrected chi connectivity index (χ1v) is 9.80. The lowest BCUT2D eigenvalue weighted by molar-refractivity contribution is -0.556. The summed E-state index contributed by atoms with van der Waals surface area (Å²) in [4.78, 5) is 13.4. The number of ether oxygens (including phenoxy) is 2. The molecular formula is C20H26O6. The van der Waals surface area contributed by atoms with Gasteiger partial charge in [0.2, 0.25) is 5.79 Å². The third-order valence-corrected chi connectivity index (χ3v) is 9.14. The van der Waals surface area contributed by atoms with E-state index in [0.29, 0.717) is 18.4 Å². The van der Waals surface area contributed by atoms with Gasteiger partial charge in [0.1, 0.15) is 11.5 Å². The van der Waals surface area contributed by atoms with E-state index in [1.165, 1.54) is 0 Å². The predicted molar refractivity (Wildman–Crippen MR) is 88.4 cm³/mol. The fourth-order valence-corrected chi connectivity index (χ4v) is 8.38. The number of aliphatic hydroxyl groups is 3. The Morgan fingerprint density at radius 2 is 1.92 bits per heavy atom. The maximum Gasteiger partial charge on any atom is 0.211 e. The zero-order valence-electron chi connectivity index (χ0n) is 15.1. The number of ketones is 1. The van der Waals surface area contributed by atoms with Gasteiger partial charge < -0.3 is 24.8 Å². The molecule has 0 aromatic carbocycles. The third kappa shape index (κ3) is 1.19. The molecular weight excluding hydrogens is 336 g/mol. The maximum absolute atomic E-state index is 13.4. The molecule has 26 heavy (non-hydrogen) atoms. The second kappa shape index (κ2) is 4.13. The third-order valence-electron chi connectivity index (χ3n) is 9.14. The summed E-state index contributed by atoms with van der Waals surface area (Å²) in [7, 11) is 0. The molecule has 4 aliphatic heterocycles.